The van der Waals surface area contributed by atoms with Crippen molar-refractivity contribution >= 4 is 21.6 Å². The fraction of sp³-hybridized carbons (Fsp3) is 0.409. The number of amides is 1. The van der Waals surface area contributed by atoms with Gasteiger partial charge in [0.25, 0.3) is 5.91 Å². The smallest absolute Gasteiger partial charge is 0.279 e. The molecule has 0 aliphatic heterocycles. The van der Waals surface area contributed by atoms with Crippen LogP contribution >= 0.6 is 0 Å². The zero-order valence-electron chi connectivity index (χ0n) is 17.6. The summed E-state index contributed by atoms with van der Waals surface area (Å²) in [7, 11) is -3.49. The highest BCUT2D eigenvalue weighted by Gasteiger charge is 2.22. The maximum atomic E-state index is 12.5. The maximum absolute atomic E-state index is 12.5. The second-order valence-electron chi connectivity index (χ2n) is 7.28. The summed E-state index contributed by atoms with van der Waals surface area (Å²) >= 11 is 0. The van der Waals surface area contributed by atoms with Crippen LogP contribution in [-0.4, -0.2) is 38.3 Å². The third-order valence-electron chi connectivity index (χ3n) is 4.94. The van der Waals surface area contributed by atoms with Gasteiger partial charge in [0.05, 0.1) is 4.90 Å². The molecule has 0 heterocycles. The van der Waals surface area contributed by atoms with Gasteiger partial charge in [0, 0.05) is 30.3 Å². The van der Waals surface area contributed by atoms with Crippen molar-refractivity contribution in [2.75, 3.05) is 25.0 Å². The van der Waals surface area contributed by atoms with Gasteiger partial charge in [-0.05, 0) is 24.3 Å². The molecule has 0 aliphatic carbocycles. The van der Waals surface area contributed by atoms with Gasteiger partial charge in [-0.2, -0.15) is 4.31 Å². The number of hydrogen-bond acceptors (Lipinski definition) is 3. The van der Waals surface area contributed by atoms with E-state index >= 15 is 0 Å². The van der Waals surface area contributed by atoms with Crippen LogP contribution in [0.3, 0.4) is 0 Å². The molecule has 0 spiro atoms. The first-order chi connectivity index (χ1) is 13.8. The number of carbonyl (C=O) groups excluding carboxylic acids is 1. The lowest BCUT2D eigenvalue weighted by atomic mass is 9.96. The van der Waals surface area contributed by atoms with Gasteiger partial charge >= 0.3 is 0 Å². The Labute approximate surface area is 174 Å². The van der Waals surface area contributed by atoms with Crippen LogP contribution in [0.25, 0.3) is 0 Å². The van der Waals surface area contributed by atoms with E-state index in [1.54, 1.807) is 12.1 Å². The van der Waals surface area contributed by atoms with Gasteiger partial charge in [0.1, 0.15) is 6.04 Å². The summed E-state index contributed by atoms with van der Waals surface area (Å²) in [4.78, 5) is 12.6. The highest BCUT2D eigenvalue weighted by molar-refractivity contribution is 7.89. The lowest BCUT2D eigenvalue weighted by Gasteiger charge is -2.19. The number of rotatable bonds is 10. The average molecular weight is 419 g/mol. The van der Waals surface area contributed by atoms with Gasteiger partial charge in [-0.3, -0.25) is 4.79 Å². The Balaban J connectivity index is 1.99. The first-order valence-electron chi connectivity index (χ1n) is 10.1. The predicted molar refractivity (Wildman–Crippen MR) is 116 cm³/mol. The van der Waals surface area contributed by atoms with Crippen molar-refractivity contribution in [1.82, 2.24) is 4.31 Å². The molecule has 0 saturated carbocycles. The molecule has 2 rings (SSSR count). The molecule has 29 heavy (non-hydrogen) atoms. The Morgan fingerprint density at radius 1 is 1.00 bits per heavy atom. The second kappa shape index (κ2) is 10.5. The van der Waals surface area contributed by atoms with Crippen molar-refractivity contribution in [2.24, 2.45) is 5.92 Å². The minimum absolute atomic E-state index is 0.120. The minimum Gasteiger partial charge on any atom is -0.332 e. The van der Waals surface area contributed by atoms with Gasteiger partial charge in [0.15, 0.2) is 6.54 Å². The molecule has 0 radical (unpaired) electrons. The van der Waals surface area contributed by atoms with Crippen molar-refractivity contribution in [3.63, 3.8) is 0 Å². The van der Waals surface area contributed by atoms with Crippen LogP contribution in [0.15, 0.2) is 59.5 Å². The number of carbonyl (C=O) groups is 1. The Morgan fingerprint density at radius 2 is 1.59 bits per heavy atom. The van der Waals surface area contributed by atoms with E-state index < -0.39 is 10.0 Å². The largest absolute Gasteiger partial charge is 0.332 e. The number of anilines is 1. The normalized spacial score (nSPS) is 12.9. The molecule has 0 unspecified atom stereocenters. The molecule has 0 bridgehead atoms. The molecule has 2 aromatic rings. The lowest BCUT2D eigenvalue weighted by molar-refractivity contribution is -0.692. The minimum atomic E-state index is -3.49. The first kappa shape index (κ1) is 23.1. The van der Waals surface area contributed by atoms with Gasteiger partial charge in [-0.1, -0.05) is 58.0 Å². The van der Waals surface area contributed by atoms with Gasteiger partial charge < -0.3 is 10.6 Å². The van der Waals surface area contributed by atoms with E-state index in [0.717, 1.165) is 0 Å². The molecule has 158 valence electrons. The van der Waals surface area contributed by atoms with Crippen molar-refractivity contribution in [1.29, 1.82) is 0 Å². The molecule has 3 N–H and O–H groups in total. The standard InChI is InChI=1S/C22H31N3O3S/c1-5-25(6-2)29(27,28)20-14-12-19(13-15-20)24-21(26)16-23-22(17(3)4)18-10-8-7-9-11-18/h7-15,17,22-23H,5-6,16H2,1-4H3,(H,24,26)/p+1/t22-/m0/s1. The van der Waals surface area contributed by atoms with E-state index in [0.29, 0.717) is 24.7 Å². The van der Waals surface area contributed by atoms with Crippen molar-refractivity contribution in [2.45, 2.75) is 38.6 Å². The van der Waals surface area contributed by atoms with Gasteiger partial charge in [-0.25, -0.2) is 8.42 Å². The van der Waals surface area contributed by atoms with Crippen LogP contribution in [0.1, 0.15) is 39.3 Å². The zero-order chi connectivity index (χ0) is 21.4. The van der Waals surface area contributed by atoms with Gasteiger partial charge in [-0.15, -0.1) is 0 Å². The van der Waals surface area contributed by atoms with E-state index in [4.69, 9.17) is 0 Å². The summed E-state index contributed by atoms with van der Waals surface area (Å²) in [5.41, 5.74) is 1.78. The molecular weight excluding hydrogens is 386 g/mol. The molecular formula is C22H32N3O3S+. The number of nitrogens with one attached hydrogen (secondary N) is 1. The first-order valence-corrected chi connectivity index (χ1v) is 11.5. The lowest BCUT2D eigenvalue weighted by Crippen LogP contribution is -2.88. The molecule has 6 nitrogen and oxygen atoms in total. The Bertz CT molecular complexity index is 877. The molecule has 2 aromatic carbocycles. The monoisotopic (exact) mass is 418 g/mol. The quantitative estimate of drug-likeness (QED) is 0.622. The summed E-state index contributed by atoms with van der Waals surface area (Å²) in [5, 5.41) is 4.88. The number of nitrogens with zero attached hydrogens (tertiary/aromatic N) is 1. The number of benzene rings is 2. The number of sulfonamides is 1. The SMILES string of the molecule is CCN(CC)S(=O)(=O)c1ccc(NC(=O)C[NH2+][C@H](c2ccccc2)C(C)C)cc1. The van der Waals surface area contributed by atoms with Crippen LogP contribution < -0.4 is 10.6 Å². The van der Waals surface area contributed by atoms with Crippen LogP contribution in [0.2, 0.25) is 0 Å². The number of quaternary nitrogens is 1. The molecule has 0 aliphatic rings. The number of hydrogen-bond donors (Lipinski definition) is 2. The summed E-state index contributed by atoms with van der Waals surface area (Å²) in [6, 6.07) is 16.7. The highest BCUT2D eigenvalue weighted by Crippen LogP contribution is 2.19. The van der Waals surface area contributed by atoms with E-state index in [1.807, 2.05) is 37.4 Å². The van der Waals surface area contributed by atoms with E-state index in [9.17, 15) is 13.2 Å². The van der Waals surface area contributed by atoms with Crippen molar-refractivity contribution in [3.8, 4) is 0 Å². The van der Waals surface area contributed by atoms with Crippen LogP contribution in [0.5, 0.6) is 0 Å². The molecule has 7 heteroatoms. The van der Waals surface area contributed by atoms with Crippen molar-refractivity contribution in [3.05, 3.63) is 60.2 Å². The topological polar surface area (TPSA) is 83.1 Å². The predicted octanol–water partition coefficient (Wildman–Crippen LogP) is 2.62. The maximum Gasteiger partial charge on any atom is 0.279 e. The van der Waals surface area contributed by atoms with Crippen LogP contribution in [0.4, 0.5) is 5.69 Å². The fourth-order valence-corrected chi connectivity index (χ4v) is 4.80. The van der Waals surface area contributed by atoms with Crippen LogP contribution in [-0.2, 0) is 14.8 Å². The fourth-order valence-electron chi connectivity index (χ4n) is 3.34. The second-order valence-corrected chi connectivity index (χ2v) is 9.22. The Morgan fingerprint density at radius 3 is 2.10 bits per heavy atom. The molecule has 0 fully saturated rings. The molecule has 0 saturated heterocycles. The van der Waals surface area contributed by atoms with E-state index in [1.165, 1.54) is 22.0 Å². The molecule has 1 atom stereocenters. The highest BCUT2D eigenvalue weighted by atomic mass is 32.2. The number of nitrogens with two attached hydrogens (primary N) is 1. The van der Waals surface area contributed by atoms with Crippen molar-refractivity contribution < 1.29 is 18.5 Å². The Hall–Kier alpha value is -2.22. The van der Waals surface area contributed by atoms with E-state index in [-0.39, 0.29) is 23.4 Å². The molecule has 0 aromatic heterocycles. The summed E-state index contributed by atoms with van der Waals surface area (Å²) < 4.78 is 26.5. The third-order valence-corrected chi connectivity index (χ3v) is 7.01. The van der Waals surface area contributed by atoms with Crippen LogP contribution in [0, 0.1) is 5.92 Å². The third kappa shape index (κ3) is 6.13. The zero-order valence-corrected chi connectivity index (χ0v) is 18.4. The molecule has 1 amide bonds. The summed E-state index contributed by atoms with van der Waals surface area (Å²) in [6.07, 6.45) is 0. The summed E-state index contributed by atoms with van der Waals surface area (Å²) in [5.74, 6) is 0.265. The van der Waals surface area contributed by atoms with E-state index in [2.05, 4.69) is 31.3 Å². The Kier molecular flexibility index (Phi) is 8.37. The summed E-state index contributed by atoms with van der Waals surface area (Å²) in [6.45, 7) is 9.04. The average Bonchev–Trinajstić information content (AvgIpc) is 2.70. The van der Waals surface area contributed by atoms with Gasteiger partial charge in [0.2, 0.25) is 10.0 Å².